The maximum Gasteiger partial charge on any atom is 0.122 e. The summed E-state index contributed by atoms with van der Waals surface area (Å²) in [6, 6.07) is 14.9. The molecule has 0 aliphatic carbocycles. The average Bonchev–Trinajstić information content (AvgIpc) is 2.46. The van der Waals surface area contributed by atoms with Crippen molar-refractivity contribution in [3.8, 4) is 0 Å². The van der Waals surface area contributed by atoms with Gasteiger partial charge in [-0.3, -0.25) is 10.8 Å². The van der Waals surface area contributed by atoms with Gasteiger partial charge in [-0.1, -0.05) is 60.7 Å². The summed E-state index contributed by atoms with van der Waals surface area (Å²) in [5.74, 6) is 0.140. The molecule has 27 heavy (non-hydrogen) atoms. The summed E-state index contributed by atoms with van der Waals surface area (Å²) < 4.78 is 0. The molecule has 0 saturated heterocycles. The van der Waals surface area contributed by atoms with Gasteiger partial charge >= 0.3 is 0 Å². The van der Waals surface area contributed by atoms with Crippen molar-refractivity contribution in [1.29, 1.82) is 10.8 Å². The predicted molar refractivity (Wildman–Crippen MR) is 83.8 cm³/mol. The molecular formula is C16H16Cl6IrN4-6. The fraction of sp³-hybridized carbons (Fsp3) is 0. The molecule has 0 aromatic heterocycles. The zero-order valence-corrected chi connectivity index (χ0v) is 20.5. The predicted octanol–water partition coefficient (Wildman–Crippen LogP) is -15.6. The monoisotopic (exact) mass is 667 g/mol. The molecule has 11 heteroatoms. The van der Waals surface area contributed by atoms with Crippen LogP contribution >= 0.6 is 0 Å². The molecule has 0 heterocycles. The molecule has 0 aliphatic heterocycles. The molecule has 2 aromatic carbocycles. The van der Waals surface area contributed by atoms with Crippen LogP contribution in [0.3, 0.4) is 0 Å². The average molecular weight is 669 g/mol. The Morgan fingerprint density at radius 2 is 0.778 bits per heavy atom. The van der Waals surface area contributed by atoms with Crippen molar-refractivity contribution in [2.75, 3.05) is 0 Å². The van der Waals surface area contributed by atoms with Crippen LogP contribution in [0.2, 0.25) is 0 Å². The third-order valence-corrected chi connectivity index (χ3v) is 2.91. The largest absolute Gasteiger partial charge is 1.00 e. The minimum Gasteiger partial charge on any atom is -1.00 e. The van der Waals surface area contributed by atoms with E-state index >= 15 is 0 Å². The zero-order valence-electron chi connectivity index (χ0n) is 13.5. The Bertz CT molecular complexity index is 619. The van der Waals surface area contributed by atoms with Gasteiger partial charge in [0.05, 0.1) is 0 Å². The van der Waals surface area contributed by atoms with Crippen LogP contribution in [0, 0.1) is 10.8 Å². The van der Waals surface area contributed by atoms with Gasteiger partial charge in [-0.25, -0.2) is 0 Å². The van der Waals surface area contributed by atoms with E-state index in [9.17, 15) is 0 Å². The molecule has 157 valence electrons. The second kappa shape index (κ2) is 20.2. The summed E-state index contributed by atoms with van der Waals surface area (Å²) in [6.45, 7) is 0. The quantitative estimate of drug-likeness (QED) is 0.148. The van der Waals surface area contributed by atoms with Gasteiger partial charge in [0.1, 0.15) is 11.7 Å². The Labute approximate surface area is 210 Å². The van der Waals surface area contributed by atoms with Crippen LogP contribution in [-0.2, 0) is 20.1 Å². The first-order valence-electron chi connectivity index (χ1n) is 6.13. The van der Waals surface area contributed by atoms with Crippen LogP contribution in [0.25, 0.3) is 12.2 Å². The van der Waals surface area contributed by atoms with Crippen molar-refractivity contribution in [1.82, 2.24) is 0 Å². The number of rotatable bonds is 4. The first kappa shape index (κ1) is 41.0. The molecule has 0 amide bonds. The summed E-state index contributed by atoms with van der Waals surface area (Å²) in [6.07, 6.45) is 3.96. The zero-order chi connectivity index (χ0) is 14.5. The van der Waals surface area contributed by atoms with E-state index in [1.165, 1.54) is 0 Å². The van der Waals surface area contributed by atoms with E-state index < -0.39 is 0 Å². The van der Waals surface area contributed by atoms with Gasteiger partial charge in [-0.2, -0.15) is 0 Å². The first-order valence-corrected chi connectivity index (χ1v) is 6.13. The van der Waals surface area contributed by atoms with Crippen molar-refractivity contribution in [3.63, 3.8) is 0 Å². The molecule has 0 bridgehead atoms. The van der Waals surface area contributed by atoms with E-state index in [1.807, 2.05) is 60.7 Å². The van der Waals surface area contributed by atoms with Gasteiger partial charge in [0.15, 0.2) is 0 Å². The normalized spacial score (nSPS) is 7.85. The van der Waals surface area contributed by atoms with E-state index in [-0.39, 0.29) is 106 Å². The maximum atomic E-state index is 7.33. The number of nitrogens with one attached hydrogen (secondary N) is 2. The fourth-order valence-corrected chi connectivity index (χ4v) is 1.74. The van der Waals surface area contributed by atoms with Gasteiger partial charge in [0.2, 0.25) is 0 Å². The number of benzene rings is 2. The minimum atomic E-state index is 0. The summed E-state index contributed by atoms with van der Waals surface area (Å²) in [5, 5.41) is 14.7. The molecular weight excluding hydrogens is 653 g/mol. The van der Waals surface area contributed by atoms with Crippen molar-refractivity contribution in [2.24, 2.45) is 11.5 Å². The number of halogens is 6. The van der Waals surface area contributed by atoms with Crippen LogP contribution in [-0.4, -0.2) is 11.7 Å². The standard InChI is InChI=1S/C16H16N4.6ClH.Ir/c17-15(18)13-7-3-11(4-8-13)1-2-12-5-9-14(10-6-12)16(19)20;;;;;;;/h1-10H,(H3,17,18)(H3,19,20);6*1H;/p-6/b2-1+;;;;;;;. The summed E-state index contributed by atoms with van der Waals surface area (Å²) in [7, 11) is 0. The van der Waals surface area contributed by atoms with E-state index in [1.54, 1.807) is 0 Å². The Morgan fingerprint density at radius 1 is 0.556 bits per heavy atom. The Hall–Kier alpha value is -0.491. The van der Waals surface area contributed by atoms with Crippen molar-refractivity contribution >= 4 is 23.8 Å². The fourth-order valence-electron chi connectivity index (χ4n) is 1.74. The molecule has 0 aliphatic rings. The summed E-state index contributed by atoms with van der Waals surface area (Å²) >= 11 is 0. The van der Waals surface area contributed by atoms with Gasteiger partial charge in [0.25, 0.3) is 0 Å². The number of nitrogens with two attached hydrogens (primary N) is 2. The van der Waals surface area contributed by atoms with E-state index in [0.29, 0.717) is 11.1 Å². The van der Waals surface area contributed by atoms with Gasteiger partial charge in [-0.15, -0.1) is 0 Å². The molecule has 6 N–H and O–H groups in total. The SMILES string of the molecule is N=C(N)c1ccc(/C=C/c2ccc(C(=N)N)cc2)cc1.[Cl-].[Cl-].[Cl-].[Cl-].[Cl-].[Cl-].[Ir]. The molecule has 0 spiro atoms. The van der Waals surface area contributed by atoms with Crippen molar-refractivity contribution in [3.05, 3.63) is 70.8 Å². The molecule has 0 unspecified atom stereocenters. The van der Waals surface area contributed by atoms with E-state index in [4.69, 9.17) is 22.3 Å². The molecule has 2 aromatic rings. The summed E-state index contributed by atoms with van der Waals surface area (Å²) in [4.78, 5) is 0. The molecule has 0 saturated carbocycles. The number of nitrogen functional groups attached to an aromatic ring is 2. The van der Waals surface area contributed by atoms with Crippen molar-refractivity contribution in [2.45, 2.75) is 0 Å². The number of amidine groups is 2. The van der Waals surface area contributed by atoms with Crippen LogP contribution in [0.1, 0.15) is 22.3 Å². The second-order valence-corrected chi connectivity index (χ2v) is 4.40. The van der Waals surface area contributed by atoms with E-state index in [2.05, 4.69) is 0 Å². The van der Waals surface area contributed by atoms with Crippen LogP contribution in [0.15, 0.2) is 48.5 Å². The van der Waals surface area contributed by atoms with Crippen LogP contribution < -0.4 is 85.9 Å². The Morgan fingerprint density at radius 3 is 0.963 bits per heavy atom. The molecule has 1 radical (unpaired) electrons. The van der Waals surface area contributed by atoms with Crippen LogP contribution in [0.4, 0.5) is 0 Å². The smallest absolute Gasteiger partial charge is 0.122 e. The number of hydrogen-bond donors (Lipinski definition) is 4. The molecule has 4 nitrogen and oxygen atoms in total. The third kappa shape index (κ3) is 13.3. The molecule has 0 atom stereocenters. The molecule has 0 fully saturated rings. The Kier molecular flexibility index (Phi) is 30.8. The van der Waals surface area contributed by atoms with Crippen molar-refractivity contribution < 1.29 is 94.5 Å². The second-order valence-electron chi connectivity index (χ2n) is 4.40. The molecule has 2 rings (SSSR count). The third-order valence-electron chi connectivity index (χ3n) is 2.91. The Balaban J connectivity index is -0.000000157. The van der Waals surface area contributed by atoms with Crippen LogP contribution in [0.5, 0.6) is 0 Å². The number of hydrogen-bond acceptors (Lipinski definition) is 2. The maximum absolute atomic E-state index is 7.33. The summed E-state index contributed by atoms with van der Waals surface area (Å²) in [5.41, 5.74) is 14.3. The first-order chi connectivity index (χ1) is 9.56. The van der Waals surface area contributed by atoms with Gasteiger partial charge in [0, 0.05) is 31.2 Å². The van der Waals surface area contributed by atoms with Gasteiger partial charge in [-0.05, 0) is 11.1 Å². The van der Waals surface area contributed by atoms with Gasteiger partial charge < -0.3 is 85.9 Å². The van der Waals surface area contributed by atoms with E-state index in [0.717, 1.165) is 11.1 Å². The topological polar surface area (TPSA) is 99.7 Å². The minimum absolute atomic E-state index is 0.